The van der Waals surface area contributed by atoms with Crippen molar-refractivity contribution in [2.75, 3.05) is 14.2 Å². The van der Waals surface area contributed by atoms with Crippen LogP contribution in [0.4, 0.5) is 0 Å². The normalized spacial score (nSPS) is 14.5. The van der Waals surface area contributed by atoms with E-state index in [0.717, 1.165) is 6.42 Å². The number of hydrogen-bond donors (Lipinski definition) is 1. The van der Waals surface area contributed by atoms with Gasteiger partial charge in [0.2, 0.25) is 0 Å². The van der Waals surface area contributed by atoms with Crippen molar-refractivity contribution in [1.82, 2.24) is 0 Å². The molecule has 1 atom stereocenters. The van der Waals surface area contributed by atoms with E-state index in [-0.39, 0.29) is 12.3 Å². The highest BCUT2D eigenvalue weighted by Crippen LogP contribution is 2.08. The third-order valence-corrected chi connectivity index (χ3v) is 1.56. The highest BCUT2D eigenvalue weighted by atomic mass is 16.7. The first-order valence-corrected chi connectivity index (χ1v) is 3.93. The Morgan fingerprint density at radius 3 is 1.91 bits per heavy atom. The summed E-state index contributed by atoms with van der Waals surface area (Å²) in [4.78, 5) is 0. The Morgan fingerprint density at radius 1 is 1.18 bits per heavy atom. The van der Waals surface area contributed by atoms with E-state index in [9.17, 15) is 0 Å². The van der Waals surface area contributed by atoms with Crippen LogP contribution in [0, 0.1) is 5.92 Å². The van der Waals surface area contributed by atoms with Crippen molar-refractivity contribution in [2.45, 2.75) is 32.6 Å². The second kappa shape index (κ2) is 5.52. The van der Waals surface area contributed by atoms with Crippen LogP contribution in [0.5, 0.6) is 0 Å². The molecule has 0 fully saturated rings. The van der Waals surface area contributed by atoms with Gasteiger partial charge in [0.1, 0.15) is 0 Å². The van der Waals surface area contributed by atoms with E-state index in [0.29, 0.717) is 5.92 Å². The zero-order valence-corrected chi connectivity index (χ0v) is 7.83. The first-order valence-electron chi connectivity index (χ1n) is 3.93. The van der Waals surface area contributed by atoms with E-state index in [1.807, 2.05) is 0 Å². The lowest BCUT2D eigenvalue weighted by Gasteiger charge is -2.22. The van der Waals surface area contributed by atoms with Gasteiger partial charge < -0.3 is 15.2 Å². The number of nitrogens with two attached hydrogens (primary N) is 1. The fraction of sp³-hybridized carbons (Fsp3) is 1.00. The van der Waals surface area contributed by atoms with Crippen LogP contribution in [0.1, 0.15) is 20.3 Å². The quantitative estimate of drug-likeness (QED) is 0.611. The first kappa shape index (κ1) is 10.9. The molecule has 0 saturated carbocycles. The maximum atomic E-state index is 5.79. The predicted octanol–water partition coefficient (Wildman–Crippen LogP) is 0.979. The summed E-state index contributed by atoms with van der Waals surface area (Å²) in [5, 5.41) is 0. The monoisotopic (exact) mass is 161 g/mol. The Kier molecular flexibility index (Phi) is 5.46. The van der Waals surface area contributed by atoms with Crippen molar-refractivity contribution in [3.8, 4) is 0 Å². The van der Waals surface area contributed by atoms with Gasteiger partial charge in [-0.15, -0.1) is 0 Å². The van der Waals surface area contributed by atoms with E-state index in [2.05, 4.69) is 13.8 Å². The summed E-state index contributed by atoms with van der Waals surface area (Å²) in [6.07, 6.45) is 0.657. The fourth-order valence-electron chi connectivity index (χ4n) is 1.10. The second-order valence-electron chi connectivity index (χ2n) is 3.13. The van der Waals surface area contributed by atoms with Gasteiger partial charge in [-0.3, -0.25) is 0 Å². The molecule has 0 aromatic heterocycles. The van der Waals surface area contributed by atoms with E-state index in [1.165, 1.54) is 0 Å². The molecule has 0 aliphatic carbocycles. The van der Waals surface area contributed by atoms with E-state index >= 15 is 0 Å². The van der Waals surface area contributed by atoms with Gasteiger partial charge in [0.05, 0.1) is 6.04 Å². The van der Waals surface area contributed by atoms with Gasteiger partial charge in [0.25, 0.3) is 0 Å². The Labute approximate surface area is 68.9 Å². The van der Waals surface area contributed by atoms with Crippen LogP contribution in [-0.4, -0.2) is 26.6 Å². The lowest BCUT2D eigenvalue weighted by atomic mass is 10.0. The summed E-state index contributed by atoms with van der Waals surface area (Å²) in [7, 11) is 3.21. The molecule has 2 N–H and O–H groups in total. The molecular weight excluding hydrogens is 142 g/mol. The smallest absolute Gasteiger partial charge is 0.171 e. The van der Waals surface area contributed by atoms with Crippen molar-refractivity contribution < 1.29 is 9.47 Å². The molecule has 0 heterocycles. The maximum Gasteiger partial charge on any atom is 0.171 e. The molecule has 0 aromatic rings. The number of ether oxygens (including phenoxy) is 2. The minimum absolute atomic E-state index is 0.0231. The number of hydrogen-bond acceptors (Lipinski definition) is 3. The molecule has 0 saturated heterocycles. The Hall–Kier alpha value is -0.120. The van der Waals surface area contributed by atoms with Crippen LogP contribution in [0.3, 0.4) is 0 Å². The standard InChI is InChI=1S/C8H19NO2/c1-6(2)5-7(9)8(10-3)11-4/h6-8H,5,9H2,1-4H3/t7-/m1/s1. The predicted molar refractivity (Wildman–Crippen MR) is 45.2 cm³/mol. The van der Waals surface area contributed by atoms with Crippen LogP contribution >= 0.6 is 0 Å². The van der Waals surface area contributed by atoms with Gasteiger partial charge in [-0.05, 0) is 12.3 Å². The molecule has 0 amide bonds. The second-order valence-corrected chi connectivity index (χ2v) is 3.13. The third kappa shape index (κ3) is 4.35. The lowest BCUT2D eigenvalue weighted by molar-refractivity contribution is -0.118. The Balaban J connectivity index is 3.68. The van der Waals surface area contributed by atoms with Gasteiger partial charge in [-0.2, -0.15) is 0 Å². The maximum absolute atomic E-state index is 5.79. The van der Waals surface area contributed by atoms with Gasteiger partial charge >= 0.3 is 0 Å². The minimum Gasteiger partial charge on any atom is -0.354 e. The lowest BCUT2D eigenvalue weighted by Crippen LogP contribution is -2.38. The SMILES string of the molecule is COC(OC)[C@H](N)CC(C)C. The summed E-state index contributed by atoms with van der Waals surface area (Å²) in [5.41, 5.74) is 5.79. The Bertz CT molecular complexity index is 92.1. The summed E-state index contributed by atoms with van der Waals surface area (Å²) in [6.45, 7) is 4.25. The molecule has 0 aliphatic heterocycles. The molecule has 11 heavy (non-hydrogen) atoms. The molecular formula is C8H19NO2. The third-order valence-electron chi connectivity index (χ3n) is 1.56. The van der Waals surface area contributed by atoms with Crippen LogP contribution in [0.25, 0.3) is 0 Å². The first-order chi connectivity index (χ1) is 5.11. The van der Waals surface area contributed by atoms with E-state index in [1.54, 1.807) is 14.2 Å². The Morgan fingerprint density at radius 2 is 1.64 bits per heavy atom. The zero-order chi connectivity index (χ0) is 8.85. The molecule has 68 valence electrons. The summed E-state index contributed by atoms with van der Waals surface area (Å²) in [5.74, 6) is 0.581. The van der Waals surface area contributed by atoms with Gasteiger partial charge in [0.15, 0.2) is 6.29 Å². The minimum atomic E-state index is -0.266. The molecule has 3 nitrogen and oxygen atoms in total. The topological polar surface area (TPSA) is 44.5 Å². The fourth-order valence-corrected chi connectivity index (χ4v) is 1.10. The average Bonchev–Trinajstić information content (AvgIpc) is 1.88. The van der Waals surface area contributed by atoms with Crippen molar-refractivity contribution in [3.63, 3.8) is 0 Å². The molecule has 0 unspecified atom stereocenters. The molecule has 0 aromatic carbocycles. The van der Waals surface area contributed by atoms with Crippen LogP contribution in [0.2, 0.25) is 0 Å². The van der Waals surface area contributed by atoms with Crippen LogP contribution in [0.15, 0.2) is 0 Å². The molecule has 0 radical (unpaired) electrons. The average molecular weight is 161 g/mol. The number of methoxy groups -OCH3 is 2. The van der Waals surface area contributed by atoms with Gasteiger partial charge in [-0.1, -0.05) is 13.8 Å². The summed E-state index contributed by atoms with van der Waals surface area (Å²) >= 11 is 0. The summed E-state index contributed by atoms with van der Waals surface area (Å²) < 4.78 is 10.0. The van der Waals surface area contributed by atoms with Crippen LogP contribution in [-0.2, 0) is 9.47 Å². The van der Waals surface area contributed by atoms with Crippen LogP contribution < -0.4 is 5.73 Å². The highest BCUT2D eigenvalue weighted by molar-refractivity contribution is 4.66. The van der Waals surface area contributed by atoms with Gasteiger partial charge in [-0.25, -0.2) is 0 Å². The van der Waals surface area contributed by atoms with E-state index < -0.39 is 0 Å². The highest BCUT2D eigenvalue weighted by Gasteiger charge is 2.16. The molecule has 0 spiro atoms. The van der Waals surface area contributed by atoms with Crippen molar-refractivity contribution >= 4 is 0 Å². The molecule has 3 heteroatoms. The van der Waals surface area contributed by atoms with E-state index in [4.69, 9.17) is 15.2 Å². The molecule has 0 bridgehead atoms. The largest absolute Gasteiger partial charge is 0.354 e. The summed E-state index contributed by atoms with van der Waals surface area (Å²) in [6, 6.07) is -0.0231. The van der Waals surface area contributed by atoms with Crippen molar-refractivity contribution in [1.29, 1.82) is 0 Å². The molecule has 0 rings (SSSR count). The van der Waals surface area contributed by atoms with Crippen molar-refractivity contribution in [3.05, 3.63) is 0 Å². The van der Waals surface area contributed by atoms with Crippen molar-refractivity contribution in [2.24, 2.45) is 11.7 Å². The number of rotatable bonds is 5. The molecule has 0 aliphatic rings. The van der Waals surface area contributed by atoms with Gasteiger partial charge in [0, 0.05) is 14.2 Å². The zero-order valence-electron chi connectivity index (χ0n) is 7.83.